The van der Waals surface area contributed by atoms with Crippen molar-refractivity contribution in [2.75, 3.05) is 6.61 Å². The molecule has 7 heteroatoms. The van der Waals surface area contributed by atoms with Crippen molar-refractivity contribution in [3.05, 3.63) is 63.4 Å². The zero-order valence-electron chi connectivity index (χ0n) is 13.5. The van der Waals surface area contributed by atoms with E-state index in [1.807, 2.05) is 0 Å². The van der Waals surface area contributed by atoms with Crippen LogP contribution in [-0.4, -0.2) is 17.7 Å². The van der Waals surface area contributed by atoms with Gasteiger partial charge in [0.2, 0.25) is 0 Å². The first-order valence-electron chi connectivity index (χ1n) is 7.60. The topological polar surface area (TPSA) is 55.8 Å². The fourth-order valence-corrected chi connectivity index (χ4v) is 2.45. The third kappa shape index (κ3) is 5.59. The number of aliphatic hydroxyl groups excluding tert-OH is 1. The van der Waals surface area contributed by atoms with Gasteiger partial charge in [-0.1, -0.05) is 35.3 Å². The molecular formula is C18H17Cl2FO4. The van der Waals surface area contributed by atoms with E-state index in [2.05, 4.69) is 0 Å². The lowest BCUT2D eigenvalue weighted by atomic mass is 10.1. The quantitative estimate of drug-likeness (QED) is 0.700. The molecule has 0 aliphatic carbocycles. The molecule has 25 heavy (non-hydrogen) atoms. The van der Waals surface area contributed by atoms with Gasteiger partial charge < -0.3 is 14.6 Å². The fourth-order valence-electron chi connectivity index (χ4n) is 2.13. The van der Waals surface area contributed by atoms with E-state index in [4.69, 9.17) is 32.7 Å². The van der Waals surface area contributed by atoms with Gasteiger partial charge in [-0.3, -0.25) is 4.79 Å². The SMILES string of the molecule is CCOC(=O)C[C@@H](O)c1ccc(OCc2ccc(Cl)c(Cl)c2)c(F)c1. The molecular weight excluding hydrogens is 370 g/mol. The minimum atomic E-state index is -1.14. The normalized spacial score (nSPS) is 11.9. The van der Waals surface area contributed by atoms with Crippen LogP contribution >= 0.6 is 23.2 Å². The number of esters is 1. The van der Waals surface area contributed by atoms with Crippen LogP contribution in [0.15, 0.2) is 36.4 Å². The summed E-state index contributed by atoms with van der Waals surface area (Å²) in [5, 5.41) is 10.8. The molecule has 0 aliphatic heterocycles. The number of carbonyl (C=O) groups is 1. The summed E-state index contributed by atoms with van der Waals surface area (Å²) in [6.45, 7) is 2.00. The Hall–Kier alpha value is -1.82. The van der Waals surface area contributed by atoms with Crippen LogP contribution in [0.3, 0.4) is 0 Å². The van der Waals surface area contributed by atoms with Crippen LogP contribution in [0.5, 0.6) is 5.75 Å². The molecule has 0 fully saturated rings. The standard InChI is InChI=1S/C18H17Cl2FO4/c1-2-24-18(23)9-16(22)12-4-6-17(15(21)8-12)25-10-11-3-5-13(19)14(20)7-11/h3-8,16,22H,2,9-10H2,1H3/t16-/m1/s1. The monoisotopic (exact) mass is 386 g/mol. The van der Waals surface area contributed by atoms with Crippen molar-refractivity contribution >= 4 is 29.2 Å². The first-order chi connectivity index (χ1) is 11.9. The average molecular weight is 387 g/mol. The molecule has 0 bridgehead atoms. The third-order valence-electron chi connectivity index (χ3n) is 3.38. The maximum atomic E-state index is 14.1. The van der Waals surface area contributed by atoms with Gasteiger partial charge in [-0.2, -0.15) is 0 Å². The Bertz CT molecular complexity index is 752. The predicted octanol–water partition coefficient (Wildman–Crippen LogP) is 4.70. The van der Waals surface area contributed by atoms with Crippen molar-refractivity contribution in [1.82, 2.24) is 0 Å². The zero-order chi connectivity index (χ0) is 18.4. The molecule has 2 rings (SSSR count). The number of halogens is 3. The number of aliphatic hydroxyl groups is 1. The molecule has 0 aliphatic rings. The molecule has 0 unspecified atom stereocenters. The van der Waals surface area contributed by atoms with Crippen molar-refractivity contribution in [1.29, 1.82) is 0 Å². The van der Waals surface area contributed by atoms with Crippen molar-refractivity contribution in [3.8, 4) is 5.75 Å². The van der Waals surface area contributed by atoms with E-state index in [0.29, 0.717) is 10.0 Å². The molecule has 4 nitrogen and oxygen atoms in total. The van der Waals surface area contributed by atoms with Gasteiger partial charge in [0.15, 0.2) is 11.6 Å². The summed E-state index contributed by atoms with van der Waals surface area (Å²) in [5.74, 6) is -1.16. The molecule has 0 amide bonds. The lowest BCUT2D eigenvalue weighted by molar-refractivity contribution is -0.145. The van der Waals surface area contributed by atoms with Gasteiger partial charge in [0.25, 0.3) is 0 Å². The molecule has 1 N–H and O–H groups in total. The summed E-state index contributed by atoms with van der Waals surface area (Å²) in [7, 11) is 0. The van der Waals surface area contributed by atoms with Crippen LogP contribution in [-0.2, 0) is 16.1 Å². The minimum Gasteiger partial charge on any atom is -0.486 e. The van der Waals surface area contributed by atoms with Gasteiger partial charge in [-0.25, -0.2) is 4.39 Å². The van der Waals surface area contributed by atoms with Crippen LogP contribution < -0.4 is 4.74 Å². The highest BCUT2D eigenvalue weighted by molar-refractivity contribution is 6.42. The van der Waals surface area contributed by atoms with Crippen LogP contribution in [0, 0.1) is 5.82 Å². The second-order valence-corrected chi connectivity index (χ2v) is 6.07. The second-order valence-electron chi connectivity index (χ2n) is 5.25. The second kappa shape index (κ2) is 9.04. The molecule has 0 saturated carbocycles. The number of benzene rings is 2. The zero-order valence-corrected chi connectivity index (χ0v) is 15.0. The van der Waals surface area contributed by atoms with Crippen molar-refractivity contribution in [2.24, 2.45) is 0 Å². The molecule has 2 aromatic carbocycles. The Kier molecular flexibility index (Phi) is 7.05. The summed E-state index contributed by atoms with van der Waals surface area (Å²) in [4.78, 5) is 11.4. The van der Waals surface area contributed by atoms with Crippen molar-refractivity contribution in [3.63, 3.8) is 0 Å². The van der Waals surface area contributed by atoms with E-state index >= 15 is 0 Å². The first-order valence-corrected chi connectivity index (χ1v) is 8.36. The third-order valence-corrected chi connectivity index (χ3v) is 4.12. The minimum absolute atomic E-state index is 0.0261. The number of hydrogen-bond donors (Lipinski definition) is 1. The van der Waals surface area contributed by atoms with Crippen molar-refractivity contribution in [2.45, 2.75) is 26.1 Å². The highest BCUT2D eigenvalue weighted by Gasteiger charge is 2.16. The molecule has 0 heterocycles. The van der Waals surface area contributed by atoms with Gasteiger partial charge in [0.05, 0.1) is 29.2 Å². The van der Waals surface area contributed by atoms with Crippen LogP contribution in [0.4, 0.5) is 4.39 Å². The maximum absolute atomic E-state index is 14.1. The number of carbonyl (C=O) groups excluding carboxylic acids is 1. The Labute approximate surface area is 155 Å². The molecule has 1 atom stereocenters. The molecule has 2 aromatic rings. The highest BCUT2D eigenvalue weighted by Crippen LogP contribution is 2.26. The molecule has 0 spiro atoms. The van der Waals surface area contributed by atoms with Gasteiger partial charge in [-0.15, -0.1) is 0 Å². The van der Waals surface area contributed by atoms with E-state index < -0.39 is 17.9 Å². The first kappa shape index (κ1) is 19.5. The number of hydrogen-bond acceptors (Lipinski definition) is 4. The van der Waals surface area contributed by atoms with Crippen LogP contribution in [0.1, 0.15) is 30.6 Å². The van der Waals surface area contributed by atoms with E-state index in [1.54, 1.807) is 25.1 Å². The lowest BCUT2D eigenvalue weighted by Gasteiger charge is -2.13. The smallest absolute Gasteiger partial charge is 0.308 e. The number of ether oxygens (including phenoxy) is 2. The lowest BCUT2D eigenvalue weighted by Crippen LogP contribution is -2.10. The van der Waals surface area contributed by atoms with Crippen molar-refractivity contribution < 1.29 is 23.8 Å². The van der Waals surface area contributed by atoms with Gasteiger partial charge in [-0.05, 0) is 42.3 Å². The Morgan fingerprint density at radius 2 is 1.96 bits per heavy atom. The largest absolute Gasteiger partial charge is 0.486 e. The predicted molar refractivity (Wildman–Crippen MR) is 93.4 cm³/mol. The summed E-state index contributed by atoms with van der Waals surface area (Å²) in [6, 6.07) is 9.03. The molecule has 0 saturated heterocycles. The Morgan fingerprint density at radius 3 is 2.60 bits per heavy atom. The Morgan fingerprint density at radius 1 is 1.20 bits per heavy atom. The molecule has 0 radical (unpaired) electrons. The van der Waals surface area contributed by atoms with Crippen LogP contribution in [0.2, 0.25) is 10.0 Å². The molecule has 0 aromatic heterocycles. The van der Waals surface area contributed by atoms with E-state index in [0.717, 1.165) is 11.6 Å². The summed E-state index contributed by atoms with van der Waals surface area (Å²) >= 11 is 11.8. The van der Waals surface area contributed by atoms with E-state index in [1.165, 1.54) is 12.1 Å². The van der Waals surface area contributed by atoms with Gasteiger partial charge >= 0.3 is 5.97 Å². The van der Waals surface area contributed by atoms with Gasteiger partial charge in [0, 0.05) is 0 Å². The van der Waals surface area contributed by atoms with E-state index in [-0.39, 0.29) is 30.9 Å². The van der Waals surface area contributed by atoms with Crippen LogP contribution in [0.25, 0.3) is 0 Å². The van der Waals surface area contributed by atoms with E-state index in [9.17, 15) is 14.3 Å². The Balaban J connectivity index is 2.01. The highest BCUT2D eigenvalue weighted by atomic mass is 35.5. The number of rotatable bonds is 7. The summed E-state index contributed by atoms with van der Waals surface area (Å²) < 4.78 is 24.3. The fraction of sp³-hybridized carbons (Fsp3) is 0.278. The molecule has 134 valence electrons. The van der Waals surface area contributed by atoms with Gasteiger partial charge in [0.1, 0.15) is 6.61 Å². The average Bonchev–Trinajstić information content (AvgIpc) is 2.56. The summed E-state index contributed by atoms with van der Waals surface area (Å²) in [6.07, 6.45) is -1.38. The maximum Gasteiger partial charge on any atom is 0.308 e. The summed E-state index contributed by atoms with van der Waals surface area (Å²) in [5.41, 5.74) is 1.01.